The van der Waals surface area contributed by atoms with Crippen molar-refractivity contribution in [1.82, 2.24) is 15.3 Å². The normalized spacial score (nSPS) is 15.2. The smallest absolute Gasteiger partial charge is 0.356 e. The molecule has 162 valence electrons. The number of aromatic nitrogens is 2. The third kappa shape index (κ3) is 4.84. The maximum Gasteiger partial charge on any atom is 0.417 e. The molecule has 0 atom stereocenters. The van der Waals surface area contributed by atoms with Crippen LogP contribution in [0.5, 0.6) is 0 Å². The first kappa shape index (κ1) is 21.2. The molecular formula is C21H18F4N4OS. The van der Waals surface area contributed by atoms with Crippen LogP contribution in [-0.4, -0.2) is 35.0 Å². The summed E-state index contributed by atoms with van der Waals surface area (Å²) in [4.78, 5) is 22.9. The molecule has 0 bridgehead atoms. The number of hydrogen-bond acceptors (Lipinski definition) is 5. The molecule has 1 aliphatic rings. The molecule has 1 saturated heterocycles. The summed E-state index contributed by atoms with van der Waals surface area (Å²) in [6, 6.07) is 8.57. The molecule has 0 aliphatic carbocycles. The van der Waals surface area contributed by atoms with Crippen LogP contribution >= 0.6 is 11.3 Å². The third-order valence-corrected chi connectivity index (χ3v) is 6.09. The summed E-state index contributed by atoms with van der Waals surface area (Å²) in [6.45, 7) is 1.12. The Hall–Kier alpha value is -3.01. The number of benzene rings is 1. The molecule has 10 heteroatoms. The highest BCUT2D eigenvalue weighted by molar-refractivity contribution is 7.16. The summed E-state index contributed by atoms with van der Waals surface area (Å²) >= 11 is 1.12. The SMILES string of the molecule is O=C(NC1CCN(c2ccc(C(F)(F)F)cn2)CC1)c1cnc(-c2ccccc2F)s1. The van der Waals surface area contributed by atoms with Crippen LogP contribution in [0.1, 0.15) is 28.1 Å². The van der Waals surface area contributed by atoms with Crippen molar-refractivity contribution in [3.63, 3.8) is 0 Å². The Bertz CT molecular complexity index is 1060. The largest absolute Gasteiger partial charge is 0.417 e. The van der Waals surface area contributed by atoms with E-state index in [1.165, 1.54) is 18.3 Å². The second-order valence-electron chi connectivity index (χ2n) is 7.15. The van der Waals surface area contributed by atoms with Crippen molar-refractivity contribution in [2.45, 2.75) is 25.1 Å². The summed E-state index contributed by atoms with van der Waals surface area (Å²) in [5.74, 6) is -0.186. The number of anilines is 1. The summed E-state index contributed by atoms with van der Waals surface area (Å²) < 4.78 is 51.9. The fourth-order valence-corrected chi connectivity index (χ4v) is 4.23. The average Bonchev–Trinajstić information content (AvgIpc) is 3.24. The Morgan fingerprint density at radius 2 is 1.81 bits per heavy atom. The van der Waals surface area contributed by atoms with E-state index in [9.17, 15) is 22.4 Å². The molecule has 0 spiro atoms. The lowest BCUT2D eigenvalue weighted by Crippen LogP contribution is -2.44. The minimum atomic E-state index is -4.41. The lowest BCUT2D eigenvalue weighted by molar-refractivity contribution is -0.137. The van der Waals surface area contributed by atoms with Gasteiger partial charge in [0.25, 0.3) is 5.91 Å². The molecule has 5 nitrogen and oxygen atoms in total. The van der Waals surface area contributed by atoms with Crippen LogP contribution in [0.4, 0.5) is 23.4 Å². The third-order valence-electron chi connectivity index (χ3n) is 5.06. The van der Waals surface area contributed by atoms with Gasteiger partial charge in [-0.25, -0.2) is 14.4 Å². The molecular weight excluding hydrogens is 432 g/mol. The average molecular weight is 450 g/mol. The number of carbonyl (C=O) groups excluding carboxylic acids is 1. The predicted molar refractivity (Wildman–Crippen MR) is 109 cm³/mol. The fourth-order valence-electron chi connectivity index (χ4n) is 3.39. The van der Waals surface area contributed by atoms with Gasteiger partial charge in [-0.15, -0.1) is 11.3 Å². The van der Waals surface area contributed by atoms with Crippen molar-refractivity contribution in [1.29, 1.82) is 0 Å². The fraction of sp³-hybridized carbons (Fsp3) is 0.286. The van der Waals surface area contributed by atoms with Crippen molar-refractivity contribution in [3.05, 3.63) is 65.0 Å². The molecule has 0 saturated carbocycles. The maximum absolute atomic E-state index is 13.9. The Kier molecular flexibility index (Phi) is 5.90. The Balaban J connectivity index is 1.33. The Labute approximate surface area is 179 Å². The second kappa shape index (κ2) is 8.62. The maximum atomic E-state index is 13.9. The Morgan fingerprint density at radius 1 is 1.06 bits per heavy atom. The molecule has 31 heavy (non-hydrogen) atoms. The van der Waals surface area contributed by atoms with Crippen LogP contribution in [0.15, 0.2) is 48.8 Å². The van der Waals surface area contributed by atoms with Crippen LogP contribution in [0, 0.1) is 5.82 Å². The number of halogens is 4. The molecule has 1 fully saturated rings. The molecule has 0 radical (unpaired) electrons. The highest BCUT2D eigenvalue weighted by Crippen LogP contribution is 2.30. The molecule has 1 aromatic carbocycles. The lowest BCUT2D eigenvalue weighted by atomic mass is 10.0. The Morgan fingerprint density at radius 3 is 2.45 bits per heavy atom. The number of alkyl halides is 3. The van der Waals surface area contributed by atoms with Gasteiger partial charge in [0.2, 0.25) is 0 Å². The van der Waals surface area contributed by atoms with E-state index >= 15 is 0 Å². The second-order valence-corrected chi connectivity index (χ2v) is 8.18. The van der Waals surface area contributed by atoms with E-state index in [-0.39, 0.29) is 11.9 Å². The van der Waals surface area contributed by atoms with E-state index in [0.717, 1.165) is 23.6 Å². The quantitative estimate of drug-likeness (QED) is 0.583. The van der Waals surface area contributed by atoms with E-state index in [1.807, 2.05) is 4.90 Å². The molecule has 3 aromatic rings. The number of nitrogens with zero attached hydrogens (tertiary/aromatic N) is 3. The standard InChI is InChI=1S/C21H18F4N4OS/c22-16-4-2-1-3-15(16)20-27-12-17(31-20)19(30)28-14-7-9-29(10-8-14)18-6-5-13(11-26-18)21(23,24)25/h1-6,11-12,14H,7-10H2,(H,28,30). The van der Waals surface area contributed by atoms with Gasteiger partial charge in [-0.2, -0.15) is 13.2 Å². The number of piperidine rings is 1. The first-order chi connectivity index (χ1) is 14.8. The number of nitrogens with one attached hydrogen (secondary N) is 1. The number of rotatable bonds is 4. The minimum Gasteiger partial charge on any atom is -0.356 e. The van der Waals surface area contributed by atoms with Gasteiger partial charge >= 0.3 is 6.18 Å². The van der Waals surface area contributed by atoms with Crippen LogP contribution in [0.3, 0.4) is 0 Å². The monoisotopic (exact) mass is 450 g/mol. The summed E-state index contributed by atoms with van der Waals surface area (Å²) in [6.07, 6.45) is -0.879. The van der Waals surface area contributed by atoms with Crippen LogP contribution in [-0.2, 0) is 6.18 Å². The summed E-state index contributed by atoms with van der Waals surface area (Å²) in [7, 11) is 0. The van der Waals surface area contributed by atoms with Gasteiger partial charge < -0.3 is 10.2 Å². The zero-order chi connectivity index (χ0) is 22.0. The van der Waals surface area contributed by atoms with E-state index in [4.69, 9.17) is 0 Å². The molecule has 2 aromatic heterocycles. The van der Waals surface area contributed by atoms with Gasteiger partial charge in [0, 0.05) is 30.9 Å². The molecule has 1 amide bonds. The van der Waals surface area contributed by atoms with Crippen LogP contribution < -0.4 is 10.2 Å². The van der Waals surface area contributed by atoms with E-state index in [0.29, 0.717) is 47.2 Å². The van der Waals surface area contributed by atoms with Gasteiger partial charge in [-0.1, -0.05) is 12.1 Å². The van der Waals surface area contributed by atoms with Crippen LogP contribution in [0.25, 0.3) is 10.6 Å². The molecule has 0 unspecified atom stereocenters. The van der Waals surface area contributed by atoms with Crippen molar-refractivity contribution in [2.75, 3.05) is 18.0 Å². The molecule has 1 N–H and O–H groups in total. The van der Waals surface area contributed by atoms with Gasteiger partial charge in [-0.3, -0.25) is 4.79 Å². The first-order valence-electron chi connectivity index (χ1n) is 9.61. The van der Waals surface area contributed by atoms with Gasteiger partial charge in [0.05, 0.1) is 11.8 Å². The lowest BCUT2D eigenvalue weighted by Gasteiger charge is -2.33. The first-order valence-corrected chi connectivity index (χ1v) is 10.4. The number of pyridine rings is 1. The topological polar surface area (TPSA) is 58.1 Å². The van der Waals surface area contributed by atoms with Gasteiger partial charge in [0.1, 0.15) is 21.5 Å². The highest BCUT2D eigenvalue weighted by Gasteiger charge is 2.31. The highest BCUT2D eigenvalue weighted by atomic mass is 32.1. The van der Waals surface area contributed by atoms with Crippen LogP contribution in [0.2, 0.25) is 0 Å². The van der Waals surface area contributed by atoms with Crippen molar-refractivity contribution < 1.29 is 22.4 Å². The van der Waals surface area contributed by atoms with Crippen molar-refractivity contribution in [3.8, 4) is 10.6 Å². The van der Waals surface area contributed by atoms with E-state index < -0.39 is 17.6 Å². The van der Waals surface area contributed by atoms with Gasteiger partial charge in [0.15, 0.2) is 0 Å². The van der Waals surface area contributed by atoms with Crippen molar-refractivity contribution >= 4 is 23.1 Å². The summed E-state index contributed by atoms with van der Waals surface area (Å²) in [5, 5.41) is 3.39. The van der Waals surface area contributed by atoms with E-state index in [2.05, 4.69) is 15.3 Å². The van der Waals surface area contributed by atoms with Crippen molar-refractivity contribution in [2.24, 2.45) is 0 Å². The number of carbonyl (C=O) groups is 1. The van der Waals surface area contributed by atoms with E-state index in [1.54, 1.807) is 18.2 Å². The zero-order valence-corrected chi connectivity index (χ0v) is 17.0. The number of hydrogen-bond donors (Lipinski definition) is 1. The number of amides is 1. The van der Waals surface area contributed by atoms with Gasteiger partial charge in [-0.05, 0) is 37.1 Å². The molecule has 1 aliphatic heterocycles. The zero-order valence-electron chi connectivity index (χ0n) is 16.2. The summed E-state index contributed by atoms with van der Waals surface area (Å²) in [5.41, 5.74) is -0.429. The number of thiazole rings is 1. The molecule has 3 heterocycles. The predicted octanol–water partition coefficient (Wildman–Crippen LogP) is 4.76. The molecule has 4 rings (SSSR count). The minimum absolute atomic E-state index is 0.0720.